The van der Waals surface area contributed by atoms with Crippen molar-refractivity contribution in [2.45, 2.75) is 36.6 Å². The maximum absolute atomic E-state index is 12.4. The van der Waals surface area contributed by atoms with Gasteiger partial charge in [0.2, 0.25) is 10.0 Å². The molecule has 0 saturated carbocycles. The Morgan fingerprint density at radius 2 is 1.52 bits per heavy atom. The fourth-order valence-electron chi connectivity index (χ4n) is 1.88. The number of sulfonamides is 2. The van der Waals surface area contributed by atoms with Crippen molar-refractivity contribution in [1.29, 1.82) is 0 Å². The first-order valence-corrected chi connectivity index (χ1v) is 10.6. The molecule has 9 heteroatoms. The zero-order valence-corrected chi connectivity index (χ0v) is 15.8. The summed E-state index contributed by atoms with van der Waals surface area (Å²) in [7, 11) is -7.76. The summed E-state index contributed by atoms with van der Waals surface area (Å²) in [6, 6.07) is 9.73. The summed E-state index contributed by atoms with van der Waals surface area (Å²) in [4.78, 5) is 3.64. The zero-order valence-electron chi connectivity index (χ0n) is 14.2. The van der Waals surface area contributed by atoms with Crippen LogP contribution in [0.1, 0.15) is 20.8 Å². The molecule has 136 valence electrons. The maximum atomic E-state index is 12.4. The molecule has 0 aliphatic rings. The Bertz CT molecular complexity index is 927. The van der Waals surface area contributed by atoms with E-state index in [9.17, 15) is 16.8 Å². The number of rotatable bonds is 7. The molecule has 1 aromatic heterocycles. The number of nitrogens with zero attached hydrogens (tertiary/aromatic N) is 1. The van der Waals surface area contributed by atoms with Gasteiger partial charge in [-0.15, -0.1) is 0 Å². The molecule has 2 rings (SSSR count). The average Bonchev–Trinajstić information content (AvgIpc) is 2.55. The number of nitrogens with one attached hydrogen (secondary N) is 2. The zero-order chi connectivity index (χ0) is 18.7. The normalized spacial score (nSPS) is 13.6. The summed E-state index contributed by atoms with van der Waals surface area (Å²) in [5.41, 5.74) is 0. The summed E-state index contributed by atoms with van der Waals surface area (Å²) in [5.74, 6) is 0.259. The summed E-state index contributed by atoms with van der Waals surface area (Å²) >= 11 is 0. The Morgan fingerprint density at radius 1 is 0.880 bits per heavy atom. The van der Waals surface area contributed by atoms with Gasteiger partial charge in [-0.1, -0.05) is 26.0 Å². The Balaban J connectivity index is 2.32. The highest BCUT2D eigenvalue weighted by molar-refractivity contribution is 7.93. The van der Waals surface area contributed by atoms with Crippen molar-refractivity contribution in [3.63, 3.8) is 0 Å². The molecular weight excluding hydrogens is 362 g/mol. The molecule has 0 amide bonds. The number of aromatic nitrogens is 1. The number of benzene rings is 1. The van der Waals surface area contributed by atoms with Gasteiger partial charge in [-0.05, 0) is 43.2 Å². The van der Waals surface area contributed by atoms with Crippen molar-refractivity contribution in [2.75, 3.05) is 4.72 Å². The van der Waals surface area contributed by atoms with Gasteiger partial charge < -0.3 is 0 Å². The highest BCUT2D eigenvalue weighted by Crippen LogP contribution is 2.19. The van der Waals surface area contributed by atoms with Crippen LogP contribution in [0.25, 0.3) is 0 Å². The van der Waals surface area contributed by atoms with Crippen molar-refractivity contribution in [3.8, 4) is 0 Å². The van der Waals surface area contributed by atoms with Crippen molar-refractivity contribution < 1.29 is 16.8 Å². The van der Waals surface area contributed by atoms with Gasteiger partial charge in [-0.25, -0.2) is 26.5 Å². The van der Waals surface area contributed by atoms with Gasteiger partial charge in [0.1, 0.15) is 5.82 Å². The second-order valence-corrected chi connectivity index (χ2v) is 9.35. The van der Waals surface area contributed by atoms with E-state index in [1.807, 2.05) is 13.8 Å². The lowest BCUT2D eigenvalue weighted by Crippen LogP contribution is -2.36. The predicted molar refractivity (Wildman–Crippen MR) is 96.1 cm³/mol. The Hall–Kier alpha value is -1.97. The monoisotopic (exact) mass is 383 g/mol. The molecule has 0 unspecified atom stereocenters. The van der Waals surface area contributed by atoms with Crippen LogP contribution in [-0.2, 0) is 20.0 Å². The maximum Gasteiger partial charge on any atom is 0.263 e. The molecule has 1 aromatic carbocycles. The fourth-order valence-corrected chi connectivity index (χ4v) is 4.44. The largest absolute Gasteiger partial charge is 0.263 e. The first kappa shape index (κ1) is 19.4. The lowest BCUT2D eigenvalue weighted by Gasteiger charge is -2.17. The quantitative estimate of drug-likeness (QED) is 0.762. The number of hydrogen-bond donors (Lipinski definition) is 2. The smallest absolute Gasteiger partial charge is 0.263 e. The van der Waals surface area contributed by atoms with Gasteiger partial charge in [0.05, 0.1) is 9.79 Å². The third-order valence-electron chi connectivity index (χ3n) is 3.67. The van der Waals surface area contributed by atoms with Crippen LogP contribution >= 0.6 is 0 Å². The van der Waals surface area contributed by atoms with Crippen LogP contribution in [0.5, 0.6) is 0 Å². The fraction of sp³-hybridized carbons (Fsp3) is 0.312. The number of anilines is 1. The first-order chi connectivity index (χ1) is 11.6. The summed E-state index contributed by atoms with van der Waals surface area (Å²) < 4.78 is 54.6. The van der Waals surface area contributed by atoms with Crippen LogP contribution in [0.3, 0.4) is 0 Å². The molecule has 0 aliphatic heterocycles. The van der Waals surface area contributed by atoms with Crippen molar-refractivity contribution in [1.82, 2.24) is 9.71 Å². The molecule has 2 aromatic rings. The van der Waals surface area contributed by atoms with E-state index in [-0.39, 0.29) is 27.6 Å². The molecule has 0 fully saturated rings. The minimum Gasteiger partial charge on any atom is -0.263 e. The molecule has 1 heterocycles. The molecule has 2 N–H and O–H groups in total. The van der Waals surface area contributed by atoms with Gasteiger partial charge in [0, 0.05) is 12.2 Å². The molecule has 0 radical (unpaired) electrons. The summed E-state index contributed by atoms with van der Waals surface area (Å²) in [5, 5.41) is 0. The van der Waals surface area contributed by atoms with E-state index in [1.54, 1.807) is 19.1 Å². The number of hydrogen-bond acceptors (Lipinski definition) is 5. The van der Waals surface area contributed by atoms with E-state index in [4.69, 9.17) is 0 Å². The van der Waals surface area contributed by atoms with Crippen molar-refractivity contribution in [3.05, 3.63) is 48.7 Å². The van der Waals surface area contributed by atoms with Gasteiger partial charge >= 0.3 is 0 Å². The summed E-state index contributed by atoms with van der Waals surface area (Å²) in [6.07, 6.45) is 1.45. The molecule has 25 heavy (non-hydrogen) atoms. The second-order valence-electron chi connectivity index (χ2n) is 5.95. The van der Waals surface area contributed by atoms with Gasteiger partial charge in [-0.3, -0.25) is 4.72 Å². The minimum atomic E-state index is -3.95. The minimum absolute atomic E-state index is 0.104. The van der Waals surface area contributed by atoms with Crippen LogP contribution in [0.2, 0.25) is 0 Å². The Kier molecular flexibility index (Phi) is 5.81. The molecule has 7 nitrogen and oxygen atoms in total. The molecule has 0 bridgehead atoms. The van der Waals surface area contributed by atoms with Gasteiger partial charge in [-0.2, -0.15) is 0 Å². The van der Waals surface area contributed by atoms with E-state index in [0.29, 0.717) is 0 Å². The Labute approximate surface area is 148 Å². The van der Waals surface area contributed by atoms with E-state index in [2.05, 4.69) is 14.4 Å². The highest BCUT2D eigenvalue weighted by atomic mass is 32.2. The van der Waals surface area contributed by atoms with Crippen LogP contribution in [-0.4, -0.2) is 27.9 Å². The lowest BCUT2D eigenvalue weighted by molar-refractivity contribution is 0.476. The van der Waals surface area contributed by atoms with Crippen LogP contribution in [0.4, 0.5) is 5.82 Å². The average molecular weight is 383 g/mol. The third-order valence-corrected chi connectivity index (χ3v) is 6.58. The SMILES string of the molecule is CC(C)[C@H](C)NS(=O)(=O)c1cccc(S(=O)(=O)Nc2ccccn2)c1. The van der Waals surface area contributed by atoms with Crippen molar-refractivity contribution in [2.24, 2.45) is 5.92 Å². The standard InChI is InChI=1S/C16H21N3O4S2/c1-12(2)13(3)18-24(20,21)14-7-6-8-15(11-14)25(22,23)19-16-9-4-5-10-17-16/h4-13,18H,1-3H3,(H,17,19)/t13-/m0/s1. The van der Waals surface area contributed by atoms with E-state index in [1.165, 1.54) is 30.5 Å². The number of pyridine rings is 1. The lowest BCUT2D eigenvalue weighted by atomic mass is 10.1. The summed E-state index contributed by atoms with van der Waals surface area (Å²) in [6.45, 7) is 5.54. The topological polar surface area (TPSA) is 105 Å². The van der Waals surface area contributed by atoms with E-state index in [0.717, 1.165) is 6.07 Å². The molecule has 0 saturated heterocycles. The van der Waals surface area contributed by atoms with Crippen molar-refractivity contribution >= 4 is 25.9 Å². The third kappa shape index (κ3) is 5.00. The molecule has 0 aliphatic carbocycles. The van der Waals surface area contributed by atoms with Crippen LogP contribution < -0.4 is 9.44 Å². The molecule has 0 spiro atoms. The molecular formula is C16H21N3O4S2. The predicted octanol–water partition coefficient (Wildman–Crippen LogP) is 2.21. The Morgan fingerprint density at radius 3 is 2.08 bits per heavy atom. The second kappa shape index (κ2) is 7.51. The molecule has 1 atom stereocenters. The van der Waals surface area contributed by atoms with E-state index >= 15 is 0 Å². The van der Waals surface area contributed by atoms with Gasteiger partial charge in [0.15, 0.2) is 0 Å². The van der Waals surface area contributed by atoms with Gasteiger partial charge in [0.25, 0.3) is 10.0 Å². The van der Waals surface area contributed by atoms with Crippen LogP contribution in [0.15, 0.2) is 58.5 Å². The van der Waals surface area contributed by atoms with E-state index < -0.39 is 20.0 Å². The van der Waals surface area contributed by atoms with Crippen LogP contribution in [0, 0.1) is 5.92 Å². The highest BCUT2D eigenvalue weighted by Gasteiger charge is 2.22. The first-order valence-electron chi connectivity index (χ1n) is 7.68.